The van der Waals surface area contributed by atoms with Crippen LogP contribution < -0.4 is 28.4 Å². The molecule has 0 saturated heterocycles. The van der Waals surface area contributed by atoms with Crippen LogP contribution in [0.3, 0.4) is 0 Å². The fraction of sp³-hybridized carbons (Fsp3) is 0.692. The summed E-state index contributed by atoms with van der Waals surface area (Å²) in [6, 6.07) is 19.9. The van der Waals surface area contributed by atoms with Gasteiger partial charge in [-0.05, 0) is 122 Å². The van der Waals surface area contributed by atoms with Gasteiger partial charge in [-0.1, -0.05) is 502 Å². The maximum absolute atomic E-state index is 16.4. The van der Waals surface area contributed by atoms with Gasteiger partial charge in [0.1, 0.15) is 0 Å². The van der Waals surface area contributed by atoms with Crippen LogP contribution in [-0.4, -0.2) is 73.1 Å². The van der Waals surface area contributed by atoms with Crippen molar-refractivity contribution >= 4 is 66.7 Å². The monoisotopic (exact) mass is 1950 g/mol. The largest absolute Gasteiger partial charge is 0.490 e. The summed E-state index contributed by atoms with van der Waals surface area (Å²) in [5.41, 5.74) is 4.42. The summed E-state index contributed by atoms with van der Waals surface area (Å²) in [7, 11) is 0. The van der Waals surface area contributed by atoms with Crippen LogP contribution in [0.5, 0.6) is 34.5 Å². The zero-order valence-corrected chi connectivity index (χ0v) is 91.7. The van der Waals surface area contributed by atoms with Crippen LogP contribution in [0.4, 0.5) is 0 Å². The molecule has 2 aliphatic rings. The number of benzene rings is 7. The van der Waals surface area contributed by atoms with E-state index in [1.165, 1.54) is 331 Å². The highest BCUT2D eigenvalue weighted by molar-refractivity contribution is 6.42. The topological polar surface area (TPSA) is 130 Å². The number of ether oxygens (including phenoxy) is 6. The molecule has 7 aromatic carbocycles. The van der Waals surface area contributed by atoms with Crippen molar-refractivity contribution in [2.45, 2.75) is 544 Å². The highest BCUT2D eigenvalue weighted by Crippen LogP contribution is 2.51. The van der Waals surface area contributed by atoms with Crippen LogP contribution in [0.2, 0.25) is 0 Å². The van der Waals surface area contributed by atoms with Crippen LogP contribution >= 0.6 is 0 Å². The smallest absolute Gasteiger partial charge is 0.261 e. The van der Waals surface area contributed by atoms with Crippen LogP contribution in [0.15, 0.2) is 60.7 Å². The second-order valence-corrected chi connectivity index (χ2v) is 42.6. The Kier molecular flexibility index (Phi) is 60.6. The number of hydrogen-bond donors (Lipinski definition) is 0. The van der Waals surface area contributed by atoms with E-state index in [1.807, 2.05) is 60.7 Å². The predicted molar refractivity (Wildman–Crippen MR) is 603 cm³/mol. The third-order valence-electron chi connectivity index (χ3n) is 30.1. The predicted octanol–water partition coefficient (Wildman–Crippen LogP) is 39.3. The van der Waals surface area contributed by atoms with E-state index in [9.17, 15) is 0 Å². The van der Waals surface area contributed by atoms with E-state index in [0.29, 0.717) is 131 Å². The number of carbonyl (C=O) groups is 4. The first kappa shape index (κ1) is 118. The molecule has 0 aliphatic carbocycles. The molecule has 0 spiro atoms. The standard InChI is InChI=1S/C130H198N2O10/c1-9-17-25-33-41-49-55-63-71-79-91-137-115-97-105(98-116(138-92-80-72-64-56-50-42-34-26-18-10-2)125(115)141-95-83-75-67-59-53-45-37-29-21-13-5)103-131-127(133)111-89-87-109-120-108(86-78-70-62-48-40-32-24-16-8)102-114-122-112(90-88-110(124(120)122)119-107(85-77-69-61-47-39-31-23-15-7)101-113(129(131)135)121(111)123(109)119)128(134)132(130(114)136)104-106-99-117(139-93-81-73-65-57-51-43-35-27-19-11-3)126(142-96-84-76-68-60-54-46-38-30-22-14-6)118(100-106)140-94-82-74-66-58-52-44-36-28-20-12-4/h87-90,97-102H,9-76,79-84,91-96,103-104H2,1-8H3. The summed E-state index contributed by atoms with van der Waals surface area (Å²) in [5, 5.41) is 5.83. The summed E-state index contributed by atoms with van der Waals surface area (Å²) >= 11 is 0. The Bertz CT molecular complexity index is 4420. The van der Waals surface area contributed by atoms with E-state index in [4.69, 9.17) is 28.4 Å². The van der Waals surface area contributed by atoms with Crippen molar-refractivity contribution in [1.29, 1.82) is 0 Å². The second-order valence-electron chi connectivity index (χ2n) is 42.6. The van der Waals surface area contributed by atoms with Crippen LogP contribution in [0.25, 0.3) is 43.1 Å². The molecule has 9 rings (SSSR count). The molecule has 0 unspecified atom stereocenters. The Morgan fingerprint density at radius 3 is 0.627 bits per heavy atom. The summed E-state index contributed by atoms with van der Waals surface area (Å²) in [4.78, 5) is 67.9. The van der Waals surface area contributed by atoms with Gasteiger partial charge in [0.15, 0.2) is 23.0 Å². The fourth-order valence-corrected chi connectivity index (χ4v) is 21.5. The van der Waals surface area contributed by atoms with Gasteiger partial charge in [0.2, 0.25) is 11.5 Å². The number of unbranched alkanes of at least 4 members (excludes halogenated alkanes) is 66. The van der Waals surface area contributed by atoms with Gasteiger partial charge < -0.3 is 28.4 Å². The maximum atomic E-state index is 16.4. The van der Waals surface area contributed by atoms with E-state index < -0.39 is 23.6 Å². The minimum absolute atomic E-state index is 0.0316. The molecule has 7 aromatic rings. The molecule has 4 amide bonds. The molecule has 0 aromatic heterocycles. The summed E-state index contributed by atoms with van der Waals surface area (Å²) in [5.74, 6) is 16.7. The van der Waals surface area contributed by atoms with Crippen molar-refractivity contribution in [2.24, 2.45) is 0 Å². The number of fused-ring (bicyclic) bond motifs is 2. The first-order valence-electron chi connectivity index (χ1n) is 60.2. The van der Waals surface area contributed by atoms with Crippen molar-refractivity contribution in [3.8, 4) is 58.2 Å². The minimum Gasteiger partial charge on any atom is -0.490 e. The number of rotatable bonds is 88. The lowest BCUT2D eigenvalue weighted by atomic mass is 9.79. The lowest BCUT2D eigenvalue weighted by molar-refractivity contribution is 0.0583. The minimum atomic E-state index is -0.402. The number of carbonyl (C=O) groups excluding carboxylic acids is 4. The fourth-order valence-electron chi connectivity index (χ4n) is 21.5. The molecule has 2 heterocycles. The molecule has 0 atom stereocenters. The van der Waals surface area contributed by atoms with Crippen LogP contribution in [-0.2, 0) is 13.1 Å². The summed E-state index contributed by atoms with van der Waals surface area (Å²) in [6.45, 7) is 21.2. The Labute approximate surface area is 865 Å². The normalized spacial score (nSPS) is 12.5. The molecule has 12 nitrogen and oxygen atoms in total. The zero-order chi connectivity index (χ0) is 100. The SMILES string of the molecule is CCCCCCCCC#Cc1cc2c3c(ccc4c5c(C#CCCCCCCCC)cc6c7c(ccc(c1c34)c75)C(=O)N(Cc1cc(OCCCCCCCCCCCC)c(OCCCCCCCCCCCC)c(OCCCCCCCCCCCC)c1)C6=O)C(=O)N(Cc1cc(OCCCCCCCCCCCC)c(OCCCCCCCCCCCC)c(OCCCCCCCCCCCC)c1)C2=O. The van der Waals surface area contributed by atoms with Crippen molar-refractivity contribution in [2.75, 3.05) is 39.6 Å². The molecular weight excluding hydrogens is 1750 g/mol. The highest BCUT2D eigenvalue weighted by atomic mass is 16.5. The number of nitrogens with zero attached hydrogens (tertiary/aromatic N) is 2. The number of hydrogen-bond acceptors (Lipinski definition) is 10. The molecule has 0 radical (unpaired) electrons. The maximum Gasteiger partial charge on any atom is 0.261 e. The van der Waals surface area contributed by atoms with Crippen molar-refractivity contribution < 1.29 is 47.6 Å². The first-order chi connectivity index (χ1) is 70.1. The van der Waals surface area contributed by atoms with Gasteiger partial charge in [-0.3, -0.25) is 29.0 Å². The van der Waals surface area contributed by atoms with E-state index in [-0.39, 0.29) is 13.1 Å². The van der Waals surface area contributed by atoms with E-state index in [1.54, 1.807) is 0 Å². The van der Waals surface area contributed by atoms with Crippen molar-refractivity contribution in [3.05, 3.63) is 105 Å². The van der Waals surface area contributed by atoms with Gasteiger partial charge in [-0.2, -0.15) is 0 Å². The summed E-state index contributed by atoms with van der Waals surface area (Å²) in [6.07, 6.45) is 87.8. The Morgan fingerprint density at radius 2 is 0.401 bits per heavy atom. The average molecular weight is 1950 g/mol. The Hall–Kier alpha value is -7.96. The average Bonchev–Trinajstić information content (AvgIpc) is 0.679. The molecule has 2 aliphatic heterocycles. The Morgan fingerprint density at radius 1 is 0.204 bits per heavy atom. The Balaban J connectivity index is 1.12. The molecule has 142 heavy (non-hydrogen) atoms. The van der Waals surface area contributed by atoms with Crippen LogP contribution in [0, 0.1) is 23.7 Å². The molecule has 12 heteroatoms. The van der Waals surface area contributed by atoms with Crippen molar-refractivity contribution in [3.63, 3.8) is 0 Å². The highest BCUT2D eigenvalue weighted by Gasteiger charge is 2.40. The molecule has 0 saturated carbocycles. The summed E-state index contributed by atoms with van der Waals surface area (Å²) < 4.78 is 41.7. The van der Waals surface area contributed by atoms with E-state index >= 15 is 19.2 Å². The number of imide groups is 2. The lowest BCUT2D eigenvalue weighted by Crippen LogP contribution is -2.40. The van der Waals surface area contributed by atoms with Gasteiger partial charge in [-0.15, -0.1) is 0 Å². The van der Waals surface area contributed by atoms with Crippen LogP contribution in [0.1, 0.15) is 594 Å². The van der Waals surface area contributed by atoms with Crippen molar-refractivity contribution in [1.82, 2.24) is 9.80 Å². The zero-order valence-electron chi connectivity index (χ0n) is 91.7. The van der Waals surface area contributed by atoms with Gasteiger partial charge in [-0.25, -0.2) is 0 Å². The van der Waals surface area contributed by atoms with Gasteiger partial charge in [0.05, 0.1) is 52.7 Å². The third kappa shape index (κ3) is 40.7. The molecular formula is C130H198N2O10. The molecule has 0 N–H and O–H groups in total. The lowest BCUT2D eigenvalue weighted by Gasteiger charge is -2.31. The van der Waals surface area contributed by atoms with E-state index in [0.717, 1.165) is 185 Å². The molecule has 0 fully saturated rings. The third-order valence-corrected chi connectivity index (χ3v) is 30.1. The molecule has 0 bridgehead atoms. The first-order valence-corrected chi connectivity index (χ1v) is 60.2. The second kappa shape index (κ2) is 73.2. The number of amides is 4. The quantitative estimate of drug-likeness (QED) is 0.0119. The van der Waals surface area contributed by atoms with Gasteiger partial charge in [0.25, 0.3) is 23.6 Å². The van der Waals surface area contributed by atoms with Gasteiger partial charge >= 0.3 is 0 Å². The van der Waals surface area contributed by atoms with E-state index in [2.05, 4.69) is 79.1 Å². The van der Waals surface area contributed by atoms with Gasteiger partial charge in [0, 0.05) is 78.5 Å². The molecule has 788 valence electrons.